The zero-order valence-corrected chi connectivity index (χ0v) is 21.5. The molecule has 4 rings (SSSR count). The first-order chi connectivity index (χ1) is 17.2. The van der Waals surface area contributed by atoms with Gasteiger partial charge in [-0.15, -0.1) is 0 Å². The molecule has 2 aromatic carbocycles. The number of carbonyl (C=O) groups is 2. The first kappa shape index (κ1) is 25.8. The number of amides is 2. The summed E-state index contributed by atoms with van der Waals surface area (Å²) in [5.41, 5.74) is 1.13. The van der Waals surface area contributed by atoms with Gasteiger partial charge < -0.3 is 19.7 Å². The van der Waals surface area contributed by atoms with Crippen molar-refractivity contribution < 1.29 is 27.5 Å². The van der Waals surface area contributed by atoms with E-state index in [1.165, 1.54) is 4.90 Å². The second-order valence-electron chi connectivity index (χ2n) is 9.27. The maximum absolute atomic E-state index is 13.6. The molecule has 0 aromatic heterocycles. The van der Waals surface area contributed by atoms with Gasteiger partial charge >= 0.3 is 0 Å². The molecular formula is C26H33N3O6S. The monoisotopic (exact) mass is 515 g/mol. The third-order valence-electron chi connectivity index (χ3n) is 6.56. The second-order valence-corrected chi connectivity index (χ2v) is 11.2. The Labute approximate surface area is 212 Å². The van der Waals surface area contributed by atoms with E-state index in [-0.39, 0.29) is 24.2 Å². The zero-order valence-electron chi connectivity index (χ0n) is 20.7. The first-order valence-corrected chi connectivity index (χ1v) is 14.1. The average molecular weight is 516 g/mol. The number of ether oxygens (including phenoxy) is 2. The smallest absolute Gasteiger partial charge is 0.244 e. The highest BCUT2D eigenvalue weighted by Crippen LogP contribution is 2.34. The van der Waals surface area contributed by atoms with Gasteiger partial charge in [0.25, 0.3) is 0 Å². The Bertz CT molecular complexity index is 1180. The summed E-state index contributed by atoms with van der Waals surface area (Å²) in [5, 5.41) is 3.05. The van der Waals surface area contributed by atoms with Crippen molar-refractivity contribution in [2.75, 3.05) is 30.3 Å². The van der Waals surface area contributed by atoms with E-state index in [1.807, 2.05) is 30.3 Å². The zero-order chi connectivity index (χ0) is 25.7. The summed E-state index contributed by atoms with van der Waals surface area (Å²) in [7, 11) is -3.82. The van der Waals surface area contributed by atoms with Crippen molar-refractivity contribution in [3.8, 4) is 11.5 Å². The van der Waals surface area contributed by atoms with Crippen LogP contribution in [0.1, 0.15) is 38.2 Å². The molecular weight excluding hydrogens is 482 g/mol. The van der Waals surface area contributed by atoms with E-state index in [1.54, 1.807) is 25.1 Å². The fourth-order valence-electron chi connectivity index (χ4n) is 4.56. The summed E-state index contributed by atoms with van der Waals surface area (Å²) >= 11 is 0. The van der Waals surface area contributed by atoms with Crippen LogP contribution in [0.2, 0.25) is 0 Å². The molecule has 1 aliphatic heterocycles. The first-order valence-electron chi connectivity index (χ1n) is 12.2. The molecule has 1 fully saturated rings. The molecule has 1 atom stereocenters. The molecule has 0 radical (unpaired) electrons. The third kappa shape index (κ3) is 6.29. The molecule has 194 valence electrons. The molecule has 0 bridgehead atoms. The molecule has 1 N–H and O–H groups in total. The third-order valence-corrected chi connectivity index (χ3v) is 7.70. The minimum atomic E-state index is -3.82. The van der Waals surface area contributed by atoms with E-state index in [2.05, 4.69) is 5.32 Å². The summed E-state index contributed by atoms with van der Waals surface area (Å²) in [6.45, 7) is 2.17. The van der Waals surface area contributed by atoms with Gasteiger partial charge in [0, 0.05) is 18.7 Å². The second kappa shape index (κ2) is 11.2. The molecule has 0 unspecified atom stereocenters. The van der Waals surface area contributed by atoms with Crippen LogP contribution in [0.15, 0.2) is 48.5 Å². The number of carbonyl (C=O) groups excluding carboxylic acids is 2. The molecule has 36 heavy (non-hydrogen) atoms. The number of hydrogen-bond acceptors (Lipinski definition) is 6. The highest BCUT2D eigenvalue weighted by atomic mass is 32.2. The summed E-state index contributed by atoms with van der Waals surface area (Å²) in [5.74, 6) is 0.225. The lowest BCUT2D eigenvalue weighted by Gasteiger charge is -2.32. The number of hydrogen-bond donors (Lipinski definition) is 1. The van der Waals surface area contributed by atoms with Gasteiger partial charge in [-0.05, 0) is 37.5 Å². The summed E-state index contributed by atoms with van der Waals surface area (Å²) in [4.78, 5) is 28.2. The van der Waals surface area contributed by atoms with Crippen LogP contribution >= 0.6 is 0 Å². The van der Waals surface area contributed by atoms with E-state index in [0.29, 0.717) is 24.7 Å². The number of anilines is 1. The van der Waals surface area contributed by atoms with E-state index >= 15 is 0 Å². The van der Waals surface area contributed by atoms with Crippen molar-refractivity contribution in [3.63, 3.8) is 0 Å². The van der Waals surface area contributed by atoms with E-state index in [0.717, 1.165) is 41.8 Å². The number of fused-ring (bicyclic) bond motifs is 1. The SMILES string of the molecule is C[C@@H](C(=O)NC1CCCC1)N(Cc1ccccc1)C(=O)CN(c1ccc2c(c1)OCCO2)S(C)(=O)=O. The molecule has 2 amide bonds. The lowest BCUT2D eigenvalue weighted by molar-refractivity contribution is -0.139. The van der Waals surface area contributed by atoms with Crippen LogP contribution in [-0.2, 0) is 26.2 Å². The van der Waals surface area contributed by atoms with Gasteiger partial charge in [-0.1, -0.05) is 43.2 Å². The van der Waals surface area contributed by atoms with Crippen molar-refractivity contribution in [1.82, 2.24) is 10.2 Å². The Morgan fingerprint density at radius 3 is 2.36 bits per heavy atom. The standard InChI is InChI=1S/C26H33N3O6S/c1-19(26(31)27-21-10-6-7-11-21)28(17-20-8-4-3-5-9-20)25(30)18-29(36(2,32)33)22-12-13-23-24(16-22)35-15-14-34-23/h3-5,8-9,12-13,16,19,21H,6-7,10-11,14-15,17-18H2,1-2H3,(H,27,31)/t19-/m0/s1. The highest BCUT2D eigenvalue weighted by molar-refractivity contribution is 7.92. The summed E-state index contributed by atoms with van der Waals surface area (Å²) in [6.07, 6.45) is 5.05. The number of nitrogens with zero attached hydrogens (tertiary/aromatic N) is 2. The minimum absolute atomic E-state index is 0.110. The Morgan fingerprint density at radius 1 is 1.03 bits per heavy atom. The molecule has 0 spiro atoms. The maximum atomic E-state index is 13.6. The normalized spacial score (nSPS) is 16.3. The van der Waals surface area contributed by atoms with Crippen LogP contribution in [0, 0.1) is 0 Å². The molecule has 1 aliphatic carbocycles. The Kier molecular flexibility index (Phi) is 8.03. The number of nitrogens with one attached hydrogen (secondary N) is 1. The van der Waals surface area contributed by atoms with Crippen LogP contribution in [-0.4, -0.2) is 63.2 Å². The molecule has 1 saturated carbocycles. The molecule has 2 aromatic rings. The fraction of sp³-hybridized carbons (Fsp3) is 0.462. The molecule has 10 heteroatoms. The molecule has 0 saturated heterocycles. The van der Waals surface area contributed by atoms with Crippen LogP contribution < -0.4 is 19.1 Å². The van der Waals surface area contributed by atoms with Gasteiger partial charge in [0.1, 0.15) is 25.8 Å². The van der Waals surface area contributed by atoms with Crippen LogP contribution in [0.3, 0.4) is 0 Å². The van der Waals surface area contributed by atoms with Crippen molar-refractivity contribution in [2.24, 2.45) is 0 Å². The molecule has 9 nitrogen and oxygen atoms in total. The average Bonchev–Trinajstić information content (AvgIpc) is 3.38. The minimum Gasteiger partial charge on any atom is -0.486 e. The number of rotatable bonds is 9. The highest BCUT2D eigenvalue weighted by Gasteiger charge is 2.31. The Hall–Kier alpha value is -3.27. The van der Waals surface area contributed by atoms with Gasteiger partial charge in [-0.25, -0.2) is 8.42 Å². The molecule has 2 aliphatic rings. The van der Waals surface area contributed by atoms with E-state index in [4.69, 9.17) is 9.47 Å². The van der Waals surface area contributed by atoms with Crippen LogP contribution in [0.25, 0.3) is 0 Å². The predicted molar refractivity (Wildman–Crippen MR) is 136 cm³/mol. The summed E-state index contributed by atoms with van der Waals surface area (Å²) in [6, 6.07) is 13.4. The number of benzene rings is 2. The Morgan fingerprint density at radius 2 is 1.69 bits per heavy atom. The van der Waals surface area contributed by atoms with Crippen molar-refractivity contribution >= 4 is 27.5 Å². The quantitative estimate of drug-likeness (QED) is 0.551. The van der Waals surface area contributed by atoms with Crippen molar-refractivity contribution in [2.45, 2.75) is 51.2 Å². The largest absolute Gasteiger partial charge is 0.486 e. The summed E-state index contributed by atoms with van der Waals surface area (Å²) < 4.78 is 37.7. The van der Waals surface area contributed by atoms with Crippen LogP contribution in [0.4, 0.5) is 5.69 Å². The molecule has 1 heterocycles. The van der Waals surface area contributed by atoms with E-state index < -0.39 is 28.5 Å². The van der Waals surface area contributed by atoms with E-state index in [9.17, 15) is 18.0 Å². The maximum Gasteiger partial charge on any atom is 0.244 e. The predicted octanol–water partition coefficient (Wildman–Crippen LogP) is 2.70. The topological polar surface area (TPSA) is 105 Å². The van der Waals surface area contributed by atoms with Crippen molar-refractivity contribution in [3.05, 3.63) is 54.1 Å². The van der Waals surface area contributed by atoms with Gasteiger partial charge in [0.05, 0.1) is 11.9 Å². The van der Waals surface area contributed by atoms with Crippen LogP contribution in [0.5, 0.6) is 11.5 Å². The fourth-order valence-corrected chi connectivity index (χ4v) is 5.40. The lowest BCUT2D eigenvalue weighted by atomic mass is 10.1. The lowest BCUT2D eigenvalue weighted by Crippen LogP contribution is -2.52. The Balaban J connectivity index is 1.58. The van der Waals surface area contributed by atoms with Gasteiger partial charge in [-0.3, -0.25) is 13.9 Å². The van der Waals surface area contributed by atoms with Crippen molar-refractivity contribution in [1.29, 1.82) is 0 Å². The van der Waals surface area contributed by atoms with Gasteiger partial charge in [0.15, 0.2) is 11.5 Å². The van der Waals surface area contributed by atoms with Gasteiger partial charge in [-0.2, -0.15) is 0 Å². The number of sulfonamides is 1. The van der Waals surface area contributed by atoms with Gasteiger partial charge in [0.2, 0.25) is 21.8 Å².